The number of halogens is 1. The van der Waals surface area contributed by atoms with Gasteiger partial charge >= 0.3 is 0 Å². The second-order valence-electron chi connectivity index (χ2n) is 4.08. The van der Waals surface area contributed by atoms with Crippen molar-refractivity contribution in [3.8, 4) is 5.75 Å². The third-order valence-electron chi connectivity index (χ3n) is 2.76. The molecule has 2 rings (SSSR count). The van der Waals surface area contributed by atoms with Crippen LogP contribution in [-0.2, 0) is 0 Å². The zero-order valence-electron chi connectivity index (χ0n) is 11.0. The van der Waals surface area contributed by atoms with Gasteiger partial charge < -0.3 is 10.1 Å². The van der Waals surface area contributed by atoms with Gasteiger partial charge in [0.1, 0.15) is 5.75 Å². The van der Waals surface area contributed by atoms with Gasteiger partial charge in [-0.25, -0.2) is 0 Å². The van der Waals surface area contributed by atoms with Crippen molar-refractivity contribution in [1.29, 1.82) is 0 Å². The van der Waals surface area contributed by atoms with Crippen LogP contribution < -0.4 is 10.1 Å². The number of carbonyl (C=O) groups is 1. The van der Waals surface area contributed by atoms with Gasteiger partial charge in [0.05, 0.1) is 23.3 Å². The van der Waals surface area contributed by atoms with Crippen LogP contribution >= 0.6 is 15.9 Å². The van der Waals surface area contributed by atoms with Gasteiger partial charge in [0.25, 0.3) is 11.6 Å². The second-order valence-corrected chi connectivity index (χ2v) is 4.93. The fraction of sp³-hybridized carbons (Fsp3) is 0.0714. The number of nitro benzene ring substituents is 1. The van der Waals surface area contributed by atoms with Crippen LogP contribution in [0.5, 0.6) is 5.75 Å². The number of carbonyl (C=O) groups excluding carboxylic acids is 1. The molecule has 0 radical (unpaired) electrons. The number of amides is 1. The number of nitro groups is 1. The summed E-state index contributed by atoms with van der Waals surface area (Å²) < 4.78 is 5.73. The molecular weight excluding hydrogens is 340 g/mol. The van der Waals surface area contributed by atoms with Crippen LogP contribution in [0.25, 0.3) is 0 Å². The van der Waals surface area contributed by atoms with Crippen LogP contribution in [0, 0.1) is 10.1 Å². The zero-order valence-corrected chi connectivity index (χ0v) is 12.6. The highest BCUT2D eigenvalue weighted by molar-refractivity contribution is 9.10. The lowest BCUT2D eigenvalue weighted by Gasteiger charge is -2.10. The van der Waals surface area contributed by atoms with Crippen molar-refractivity contribution < 1.29 is 14.5 Å². The number of ether oxygens (including phenoxy) is 1. The largest absolute Gasteiger partial charge is 0.495 e. The standard InChI is InChI=1S/C14H11BrN2O4/c1-21-13-7-6-9(17(19)20)8-12(13)16-14(18)10-4-2-3-5-11(10)15/h2-8H,1H3,(H,16,18). The lowest BCUT2D eigenvalue weighted by molar-refractivity contribution is -0.384. The Labute approximate surface area is 129 Å². The first-order valence-corrected chi connectivity index (χ1v) is 6.70. The molecule has 6 nitrogen and oxygen atoms in total. The smallest absolute Gasteiger partial charge is 0.271 e. The van der Waals surface area contributed by atoms with E-state index in [2.05, 4.69) is 21.2 Å². The van der Waals surface area contributed by atoms with Gasteiger partial charge in [-0.2, -0.15) is 0 Å². The molecule has 0 aliphatic rings. The third kappa shape index (κ3) is 3.38. The Hall–Kier alpha value is -2.41. The normalized spacial score (nSPS) is 10.0. The summed E-state index contributed by atoms with van der Waals surface area (Å²) in [6, 6.07) is 10.9. The van der Waals surface area contributed by atoms with E-state index in [-0.39, 0.29) is 17.3 Å². The molecule has 0 heterocycles. The number of non-ortho nitro benzene ring substituents is 1. The SMILES string of the molecule is COc1ccc([N+](=O)[O-])cc1NC(=O)c1ccccc1Br. The maximum Gasteiger partial charge on any atom is 0.271 e. The molecule has 7 heteroatoms. The molecule has 0 atom stereocenters. The number of methoxy groups -OCH3 is 1. The summed E-state index contributed by atoms with van der Waals surface area (Å²) in [5.74, 6) is -0.0396. The van der Waals surface area contributed by atoms with Gasteiger partial charge in [-0.05, 0) is 34.1 Å². The minimum Gasteiger partial charge on any atom is -0.495 e. The Bertz CT molecular complexity index is 703. The molecule has 1 N–H and O–H groups in total. The highest BCUT2D eigenvalue weighted by Crippen LogP contribution is 2.29. The molecule has 0 fully saturated rings. The number of hydrogen-bond donors (Lipinski definition) is 1. The molecule has 0 aliphatic carbocycles. The van der Waals surface area contributed by atoms with E-state index in [1.807, 2.05) is 0 Å². The fourth-order valence-corrected chi connectivity index (χ4v) is 2.21. The van der Waals surface area contributed by atoms with Gasteiger partial charge in [0.15, 0.2) is 0 Å². The topological polar surface area (TPSA) is 81.5 Å². The number of nitrogens with zero attached hydrogens (tertiary/aromatic N) is 1. The highest BCUT2D eigenvalue weighted by Gasteiger charge is 2.15. The number of nitrogens with one attached hydrogen (secondary N) is 1. The van der Waals surface area contributed by atoms with Crippen molar-refractivity contribution in [2.45, 2.75) is 0 Å². The molecule has 0 spiro atoms. The van der Waals surface area contributed by atoms with E-state index in [4.69, 9.17) is 4.74 Å². The summed E-state index contributed by atoms with van der Waals surface area (Å²) in [4.78, 5) is 22.5. The van der Waals surface area contributed by atoms with Gasteiger partial charge in [-0.15, -0.1) is 0 Å². The summed E-state index contributed by atoms with van der Waals surface area (Å²) in [7, 11) is 1.43. The fourth-order valence-electron chi connectivity index (χ4n) is 1.74. The summed E-state index contributed by atoms with van der Waals surface area (Å²) >= 11 is 3.28. The third-order valence-corrected chi connectivity index (χ3v) is 3.45. The Morgan fingerprint density at radius 3 is 2.62 bits per heavy atom. The second kappa shape index (κ2) is 6.36. The van der Waals surface area contributed by atoms with Crippen molar-refractivity contribution in [3.63, 3.8) is 0 Å². The minimum absolute atomic E-state index is 0.127. The summed E-state index contributed by atoms with van der Waals surface area (Å²) in [6.07, 6.45) is 0. The van der Waals surface area contributed by atoms with Gasteiger partial charge in [-0.3, -0.25) is 14.9 Å². The van der Waals surface area contributed by atoms with Crippen LogP contribution in [0.1, 0.15) is 10.4 Å². The Kier molecular flexibility index (Phi) is 4.54. The lowest BCUT2D eigenvalue weighted by atomic mass is 10.2. The summed E-state index contributed by atoms with van der Waals surface area (Å²) in [5, 5.41) is 13.4. The predicted molar refractivity (Wildman–Crippen MR) is 81.7 cm³/mol. The molecule has 0 aromatic heterocycles. The van der Waals surface area contributed by atoms with Crippen molar-refractivity contribution >= 4 is 33.2 Å². The van der Waals surface area contributed by atoms with Crippen LogP contribution in [0.2, 0.25) is 0 Å². The molecule has 2 aromatic rings. The molecule has 21 heavy (non-hydrogen) atoms. The van der Waals surface area contributed by atoms with E-state index in [0.717, 1.165) is 0 Å². The average molecular weight is 351 g/mol. The maximum atomic E-state index is 12.2. The summed E-state index contributed by atoms with van der Waals surface area (Å²) in [5.41, 5.74) is 0.539. The number of benzene rings is 2. The van der Waals surface area contributed by atoms with Crippen LogP contribution in [0.15, 0.2) is 46.9 Å². The monoisotopic (exact) mass is 350 g/mol. The molecule has 0 aliphatic heterocycles. The van der Waals surface area contributed by atoms with Crippen molar-refractivity contribution in [2.24, 2.45) is 0 Å². The van der Waals surface area contributed by atoms with E-state index < -0.39 is 4.92 Å². The number of hydrogen-bond acceptors (Lipinski definition) is 4. The van der Waals surface area contributed by atoms with Crippen molar-refractivity contribution in [3.05, 3.63) is 62.6 Å². The summed E-state index contributed by atoms with van der Waals surface area (Å²) in [6.45, 7) is 0. The van der Waals surface area contributed by atoms with E-state index in [1.54, 1.807) is 24.3 Å². The van der Waals surface area contributed by atoms with Crippen LogP contribution in [0.3, 0.4) is 0 Å². The lowest BCUT2D eigenvalue weighted by Crippen LogP contribution is -2.13. The Balaban J connectivity index is 2.34. The quantitative estimate of drug-likeness (QED) is 0.674. The van der Waals surface area contributed by atoms with Crippen LogP contribution in [0.4, 0.5) is 11.4 Å². The van der Waals surface area contributed by atoms with Crippen LogP contribution in [-0.4, -0.2) is 17.9 Å². The predicted octanol–water partition coefficient (Wildman–Crippen LogP) is 3.62. The first kappa shape index (κ1) is 15.0. The Morgan fingerprint density at radius 2 is 2.00 bits per heavy atom. The van der Waals surface area contributed by atoms with Gasteiger partial charge in [0.2, 0.25) is 0 Å². The molecule has 0 saturated heterocycles. The van der Waals surface area contributed by atoms with Crippen molar-refractivity contribution in [2.75, 3.05) is 12.4 Å². The molecule has 108 valence electrons. The number of rotatable bonds is 4. The average Bonchev–Trinajstić information content (AvgIpc) is 2.47. The molecule has 0 saturated carbocycles. The maximum absolute atomic E-state index is 12.2. The number of anilines is 1. The minimum atomic E-state index is -0.534. The van der Waals surface area contributed by atoms with E-state index in [1.165, 1.54) is 25.3 Å². The van der Waals surface area contributed by atoms with Gasteiger partial charge in [-0.1, -0.05) is 12.1 Å². The first-order valence-electron chi connectivity index (χ1n) is 5.91. The highest BCUT2D eigenvalue weighted by atomic mass is 79.9. The zero-order chi connectivity index (χ0) is 15.4. The van der Waals surface area contributed by atoms with E-state index in [0.29, 0.717) is 15.8 Å². The molecule has 2 aromatic carbocycles. The Morgan fingerprint density at radius 1 is 1.29 bits per heavy atom. The van der Waals surface area contributed by atoms with Crippen molar-refractivity contribution in [1.82, 2.24) is 0 Å². The molecule has 0 unspecified atom stereocenters. The molecular formula is C14H11BrN2O4. The first-order chi connectivity index (χ1) is 10.0. The molecule has 0 bridgehead atoms. The van der Waals surface area contributed by atoms with E-state index in [9.17, 15) is 14.9 Å². The van der Waals surface area contributed by atoms with E-state index >= 15 is 0 Å². The van der Waals surface area contributed by atoms with Gasteiger partial charge in [0, 0.05) is 16.6 Å². The molecule has 1 amide bonds.